The van der Waals surface area contributed by atoms with Crippen LogP contribution in [0.4, 0.5) is 10.5 Å². The zero-order valence-corrected chi connectivity index (χ0v) is 14.7. The number of nitrogens with zero attached hydrogens (tertiary/aromatic N) is 3. The number of rotatable bonds is 2. The average Bonchev–Trinajstić information content (AvgIpc) is 2.98. The van der Waals surface area contributed by atoms with Gasteiger partial charge < -0.3 is 9.64 Å². The summed E-state index contributed by atoms with van der Waals surface area (Å²) < 4.78 is 5.19. The molecule has 3 aliphatic rings. The first-order chi connectivity index (χ1) is 11.6. The van der Waals surface area contributed by atoms with Gasteiger partial charge in [-0.2, -0.15) is 0 Å². The number of aryl methyl sites for hydroxylation is 1. The summed E-state index contributed by atoms with van der Waals surface area (Å²) in [6.07, 6.45) is 2.29. The fourth-order valence-corrected chi connectivity index (χ4v) is 4.39. The van der Waals surface area contributed by atoms with Gasteiger partial charge in [0.2, 0.25) is 0 Å². The normalized spacial score (nSPS) is 25.8. The predicted molar refractivity (Wildman–Crippen MR) is 94.6 cm³/mol. The van der Waals surface area contributed by atoms with E-state index in [1.807, 2.05) is 4.90 Å². The lowest BCUT2D eigenvalue weighted by Gasteiger charge is -2.44. The number of hydrogen-bond donors (Lipinski definition) is 0. The standard InChI is InChI=1S/C19H27N3O2/c1-14-4-3-5-18(15(14)2)20-8-6-16(7-9-20)21-10-11-22-17(12-21)13-24-19(22)23/h3-5,16-17H,6-13H2,1-2H3. The molecule has 4 rings (SSSR count). The molecule has 24 heavy (non-hydrogen) atoms. The molecule has 0 bridgehead atoms. The number of benzene rings is 1. The van der Waals surface area contributed by atoms with Crippen LogP contribution in [0, 0.1) is 13.8 Å². The van der Waals surface area contributed by atoms with Crippen LogP contribution < -0.4 is 4.90 Å². The molecule has 1 atom stereocenters. The molecule has 1 amide bonds. The minimum absolute atomic E-state index is 0.121. The van der Waals surface area contributed by atoms with Crippen LogP contribution in [-0.2, 0) is 4.74 Å². The molecule has 3 heterocycles. The largest absolute Gasteiger partial charge is 0.447 e. The second-order valence-corrected chi connectivity index (χ2v) is 7.36. The van der Waals surface area contributed by atoms with Gasteiger partial charge in [0, 0.05) is 44.5 Å². The first-order valence-corrected chi connectivity index (χ1v) is 9.12. The Morgan fingerprint density at radius 1 is 1.04 bits per heavy atom. The summed E-state index contributed by atoms with van der Waals surface area (Å²) >= 11 is 0. The SMILES string of the molecule is Cc1cccc(N2CCC(N3CCN4C(=O)OCC4C3)CC2)c1C. The summed E-state index contributed by atoms with van der Waals surface area (Å²) in [5.41, 5.74) is 4.18. The summed E-state index contributed by atoms with van der Waals surface area (Å²) in [5.74, 6) is 0. The quantitative estimate of drug-likeness (QED) is 0.835. The third-order valence-corrected chi connectivity index (χ3v) is 6.05. The molecule has 0 aromatic heterocycles. The third-order valence-electron chi connectivity index (χ3n) is 6.05. The number of piperidine rings is 1. The van der Waals surface area contributed by atoms with Gasteiger partial charge in [-0.1, -0.05) is 12.1 Å². The molecule has 130 valence electrons. The number of hydrogen-bond acceptors (Lipinski definition) is 4. The molecule has 5 nitrogen and oxygen atoms in total. The summed E-state index contributed by atoms with van der Waals surface area (Å²) in [6, 6.07) is 7.52. The van der Waals surface area contributed by atoms with Crippen molar-refractivity contribution in [3.63, 3.8) is 0 Å². The molecule has 3 aliphatic heterocycles. The monoisotopic (exact) mass is 329 g/mol. The maximum atomic E-state index is 11.6. The Hall–Kier alpha value is -1.75. The second-order valence-electron chi connectivity index (χ2n) is 7.36. The molecule has 1 aromatic rings. The van der Waals surface area contributed by atoms with Crippen molar-refractivity contribution >= 4 is 11.8 Å². The zero-order chi connectivity index (χ0) is 16.7. The van der Waals surface area contributed by atoms with Crippen molar-refractivity contribution in [2.45, 2.75) is 38.8 Å². The Morgan fingerprint density at radius 2 is 1.83 bits per heavy atom. The number of amides is 1. The third kappa shape index (κ3) is 2.75. The van der Waals surface area contributed by atoms with Crippen molar-refractivity contribution in [2.24, 2.45) is 0 Å². The number of piperazine rings is 1. The zero-order valence-electron chi connectivity index (χ0n) is 14.7. The van der Waals surface area contributed by atoms with Gasteiger partial charge in [-0.15, -0.1) is 0 Å². The van der Waals surface area contributed by atoms with Crippen LogP contribution in [0.5, 0.6) is 0 Å². The Bertz CT molecular complexity index is 625. The maximum Gasteiger partial charge on any atom is 0.410 e. The van der Waals surface area contributed by atoms with Crippen LogP contribution in [0.1, 0.15) is 24.0 Å². The van der Waals surface area contributed by atoms with Crippen LogP contribution in [0.2, 0.25) is 0 Å². The van der Waals surface area contributed by atoms with Gasteiger partial charge in [-0.05, 0) is 43.9 Å². The van der Waals surface area contributed by atoms with E-state index in [0.29, 0.717) is 12.6 Å². The fraction of sp³-hybridized carbons (Fsp3) is 0.632. The average molecular weight is 329 g/mol. The first kappa shape index (κ1) is 15.8. The van der Waals surface area contributed by atoms with Crippen LogP contribution >= 0.6 is 0 Å². The van der Waals surface area contributed by atoms with Crippen molar-refractivity contribution in [3.8, 4) is 0 Å². The van der Waals surface area contributed by atoms with Gasteiger partial charge >= 0.3 is 6.09 Å². The van der Waals surface area contributed by atoms with E-state index < -0.39 is 0 Å². The molecule has 3 fully saturated rings. The molecule has 0 N–H and O–H groups in total. The van der Waals surface area contributed by atoms with Crippen molar-refractivity contribution < 1.29 is 9.53 Å². The summed E-state index contributed by atoms with van der Waals surface area (Å²) in [4.78, 5) is 18.7. The van der Waals surface area contributed by atoms with Gasteiger partial charge in [-0.25, -0.2) is 4.79 Å². The number of carbonyl (C=O) groups excluding carboxylic acids is 1. The van der Waals surface area contributed by atoms with Crippen molar-refractivity contribution in [2.75, 3.05) is 44.2 Å². The van der Waals surface area contributed by atoms with Crippen LogP contribution in [0.25, 0.3) is 0 Å². The highest BCUT2D eigenvalue weighted by Gasteiger charge is 2.39. The van der Waals surface area contributed by atoms with Crippen molar-refractivity contribution in [1.29, 1.82) is 0 Å². The highest BCUT2D eigenvalue weighted by molar-refractivity contribution is 5.70. The van der Waals surface area contributed by atoms with E-state index in [9.17, 15) is 4.79 Å². The number of fused-ring (bicyclic) bond motifs is 1. The van der Waals surface area contributed by atoms with Crippen LogP contribution in [-0.4, -0.2) is 67.3 Å². The van der Waals surface area contributed by atoms with E-state index in [4.69, 9.17) is 4.74 Å². The Morgan fingerprint density at radius 3 is 2.62 bits per heavy atom. The van der Waals surface area contributed by atoms with Crippen LogP contribution in [0.15, 0.2) is 18.2 Å². The molecule has 0 aliphatic carbocycles. The van der Waals surface area contributed by atoms with E-state index in [0.717, 1.165) is 32.7 Å². The molecular formula is C19H27N3O2. The molecule has 1 unspecified atom stereocenters. The van der Waals surface area contributed by atoms with E-state index in [1.165, 1.54) is 29.7 Å². The maximum absolute atomic E-state index is 11.6. The summed E-state index contributed by atoms with van der Waals surface area (Å²) in [6.45, 7) is 10.0. The molecule has 0 saturated carbocycles. The molecule has 3 saturated heterocycles. The molecule has 1 aromatic carbocycles. The Kier molecular flexibility index (Phi) is 4.12. The number of anilines is 1. The smallest absolute Gasteiger partial charge is 0.410 e. The number of ether oxygens (including phenoxy) is 1. The molecular weight excluding hydrogens is 302 g/mol. The highest BCUT2D eigenvalue weighted by Crippen LogP contribution is 2.28. The van der Waals surface area contributed by atoms with E-state index in [1.54, 1.807) is 0 Å². The number of cyclic esters (lactones) is 1. The molecule has 5 heteroatoms. The minimum Gasteiger partial charge on any atom is -0.447 e. The van der Waals surface area contributed by atoms with Gasteiger partial charge in [0.05, 0.1) is 6.04 Å². The topological polar surface area (TPSA) is 36.0 Å². The summed E-state index contributed by atoms with van der Waals surface area (Å²) in [5, 5.41) is 0. The lowest BCUT2D eigenvalue weighted by atomic mass is 9.99. The van der Waals surface area contributed by atoms with Gasteiger partial charge in [0.15, 0.2) is 0 Å². The van der Waals surface area contributed by atoms with Crippen LogP contribution in [0.3, 0.4) is 0 Å². The van der Waals surface area contributed by atoms with Crippen molar-refractivity contribution in [3.05, 3.63) is 29.3 Å². The Labute approximate surface area is 144 Å². The Balaban J connectivity index is 1.36. The van der Waals surface area contributed by atoms with Gasteiger partial charge in [0.1, 0.15) is 6.61 Å². The lowest BCUT2D eigenvalue weighted by molar-refractivity contribution is 0.0778. The van der Waals surface area contributed by atoms with E-state index in [2.05, 4.69) is 41.8 Å². The summed E-state index contributed by atoms with van der Waals surface area (Å²) in [7, 11) is 0. The molecule has 0 radical (unpaired) electrons. The van der Waals surface area contributed by atoms with E-state index in [-0.39, 0.29) is 12.1 Å². The highest BCUT2D eigenvalue weighted by atomic mass is 16.6. The number of carbonyl (C=O) groups is 1. The first-order valence-electron chi connectivity index (χ1n) is 9.12. The predicted octanol–water partition coefficient (Wildman–Crippen LogP) is 2.41. The lowest BCUT2D eigenvalue weighted by Crippen LogP contribution is -2.56. The second kappa shape index (κ2) is 6.28. The van der Waals surface area contributed by atoms with E-state index >= 15 is 0 Å². The van der Waals surface area contributed by atoms with Gasteiger partial charge in [0.25, 0.3) is 0 Å². The van der Waals surface area contributed by atoms with Gasteiger partial charge in [-0.3, -0.25) is 9.80 Å². The molecule has 0 spiro atoms. The minimum atomic E-state index is -0.121. The fourth-order valence-electron chi connectivity index (χ4n) is 4.39. The van der Waals surface area contributed by atoms with Crippen molar-refractivity contribution in [1.82, 2.24) is 9.80 Å².